The van der Waals surface area contributed by atoms with Crippen LogP contribution in [0.2, 0.25) is 10.0 Å². The lowest BCUT2D eigenvalue weighted by atomic mass is 9.98. The van der Waals surface area contributed by atoms with E-state index in [9.17, 15) is 19.2 Å². The zero-order valence-corrected chi connectivity index (χ0v) is 29.8. The zero-order chi connectivity index (χ0) is 36.4. The van der Waals surface area contributed by atoms with Crippen molar-refractivity contribution in [2.45, 2.75) is 31.7 Å². The zero-order valence-electron chi connectivity index (χ0n) is 28.3. The number of carbonyl (C=O) groups excluding carboxylic acids is 4. The predicted octanol–water partition coefficient (Wildman–Crippen LogP) is 6.58. The fourth-order valence-corrected chi connectivity index (χ4v) is 7.21. The summed E-state index contributed by atoms with van der Waals surface area (Å²) in [7, 11) is 1.61. The number of anilines is 1. The molecule has 10 nitrogen and oxygen atoms in total. The second-order valence-electron chi connectivity index (χ2n) is 12.9. The molecule has 0 saturated carbocycles. The Kier molecular flexibility index (Phi) is 10.1. The molecule has 2 fully saturated rings. The number of hydrogen-bond acceptors (Lipinski definition) is 5. The number of fused-ring (bicyclic) bond motifs is 2. The summed E-state index contributed by atoms with van der Waals surface area (Å²) in [6, 6.07) is 34.2. The van der Waals surface area contributed by atoms with Crippen molar-refractivity contribution < 1.29 is 19.2 Å². The van der Waals surface area contributed by atoms with Crippen molar-refractivity contribution >= 4 is 63.4 Å². The number of benzene rings is 5. The molecule has 7 rings (SSSR count). The van der Waals surface area contributed by atoms with Gasteiger partial charge in [0, 0.05) is 37.8 Å². The molecular formula is C40H36Cl2N6O4. The number of halogens is 2. The van der Waals surface area contributed by atoms with Crippen LogP contribution in [0, 0.1) is 0 Å². The summed E-state index contributed by atoms with van der Waals surface area (Å²) < 4.78 is 0. The van der Waals surface area contributed by atoms with Gasteiger partial charge in [0.25, 0.3) is 5.91 Å². The van der Waals surface area contributed by atoms with Crippen LogP contribution in [0.1, 0.15) is 27.0 Å². The summed E-state index contributed by atoms with van der Waals surface area (Å²) in [6.45, 7) is 0.671. The highest BCUT2D eigenvalue weighted by Gasteiger charge is 2.51. The number of rotatable bonds is 9. The Labute approximate surface area is 311 Å². The average molecular weight is 736 g/mol. The molecule has 0 aromatic heterocycles. The normalized spacial score (nSPS) is 17.3. The first kappa shape index (κ1) is 35.0. The summed E-state index contributed by atoms with van der Waals surface area (Å²) in [5, 5.41) is 11.8. The van der Waals surface area contributed by atoms with Crippen LogP contribution >= 0.6 is 23.2 Å². The molecular weight excluding hydrogens is 699 g/mol. The van der Waals surface area contributed by atoms with Crippen LogP contribution in [0.5, 0.6) is 0 Å². The topological polar surface area (TPSA) is 105 Å². The molecule has 2 N–H and O–H groups in total. The largest absolute Gasteiger partial charge is 0.333 e. The van der Waals surface area contributed by atoms with E-state index in [4.69, 9.17) is 23.2 Å². The van der Waals surface area contributed by atoms with Crippen LogP contribution in [0.4, 0.5) is 10.5 Å². The number of urea groups is 1. The van der Waals surface area contributed by atoms with Gasteiger partial charge in [-0.05, 0) is 63.9 Å². The molecule has 2 saturated heterocycles. The molecule has 0 spiro atoms. The van der Waals surface area contributed by atoms with Crippen LogP contribution in [-0.4, -0.2) is 75.9 Å². The van der Waals surface area contributed by atoms with Crippen LogP contribution in [0.15, 0.2) is 115 Å². The number of hydrogen-bond donors (Lipinski definition) is 2. The van der Waals surface area contributed by atoms with Gasteiger partial charge in [-0.2, -0.15) is 5.01 Å². The van der Waals surface area contributed by atoms with E-state index in [-0.39, 0.29) is 43.8 Å². The maximum atomic E-state index is 14.4. The molecule has 264 valence electrons. The van der Waals surface area contributed by atoms with E-state index in [0.29, 0.717) is 27.8 Å². The van der Waals surface area contributed by atoms with Crippen molar-refractivity contribution in [1.29, 1.82) is 0 Å². The first-order chi connectivity index (χ1) is 25.2. The maximum Gasteiger partial charge on any atom is 0.332 e. The lowest BCUT2D eigenvalue weighted by molar-refractivity contribution is -0.157. The lowest BCUT2D eigenvalue weighted by Crippen LogP contribution is -2.65. The Morgan fingerprint density at radius 1 is 0.827 bits per heavy atom. The van der Waals surface area contributed by atoms with Gasteiger partial charge in [-0.3, -0.25) is 19.4 Å². The molecule has 12 heteroatoms. The second kappa shape index (κ2) is 15.1. The number of amides is 5. The molecule has 0 unspecified atom stereocenters. The van der Waals surface area contributed by atoms with E-state index in [1.165, 1.54) is 5.01 Å². The van der Waals surface area contributed by atoms with Gasteiger partial charge in [0.05, 0.1) is 23.1 Å². The molecule has 52 heavy (non-hydrogen) atoms. The van der Waals surface area contributed by atoms with E-state index in [1.54, 1.807) is 76.5 Å². The molecule has 2 atom stereocenters. The van der Waals surface area contributed by atoms with Gasteiger partial charge in [0.1, 0.15) is 12.2 Å². The van der Waals surface area contributed by atoms with E-state index < -0.39 is 18.2 Å². The Balaban J connectivity index is 1.13. The lowest BCUT2D eigenvalue weighted by Gasteiger charge is -2.46. The fourth-order valence-electron chi connectivity index (χ4n) is 6.88. The molecule has 0 radical (unpaired) electrons. The summed E-state index contributed by atoms with van der Waals surface area (Å²) >= 11 is 12.2. The second-order valence-corrected chi connectivity index (χ2v) is 13.7. The van der Waals surface area contributed by atoms with Crippen LogP contribution < -0.4 is 10.6 Å². The molecule has 2 aliphatic rings. The molecule has 0 bridgehead atoms. The van der Waals surface area contributed by atoms with E-state index >= 15 is 0 Å². The molecule has 2 aliphatic heterocycles. The first-order valence-corrected chi connectivity index (χ1v) is 17.7. The van der Waals surface area contributed by atoms with Crippen LogP contribution in [0.3, 0.4) is 0 Å². The maximum absolute atomic E-state index is 14.4. The van der Waals surface area contributed by atoms with Crippen molar-refractivity contribution in [2.75, 3.05) is 25.5 Å². The van der Waals surface area contributed by atoms with E-state index in [1.807, 2.05) is 60.7 Å². The van der Waals surface area contributed by atoms with Crippen LogP contribution in [0.25, 0.3) is 10.8 Å². The summed E-state index contributed by atoms with van der Waals surface area (Å²) in [4.78, 5) is 57.7. The molecule has 5 aromatic rings. The van der Waals surface area contributed by atoms with Crippen molar-refractivity contribution in [3.05, 3.63) is 148 Å². The Hall–Kier alpha value is -5.42. The highest BCUT2D eigenvalue weighted by atomic mass is 35.5. The quantitative estimate of drug-likeness (QED) is 0.178. The Bertz CT molecular complexity index is 2140. The van der Waals surface area contributed by atoms with Gasteiger partial charge in [0.2, 0.25) is 11.8 Å². The van der Waals surface area contributed by atoms with Gasteiger partial charge < -0.3 is 20.4 Å². The fraction of sp³-hybridized carbons (Fsp3) is 0.200. The van der Waals surface area contributed by atoms with Crippen molar-refractivity contribution in [2.24, 2.45) is 0 Å². The van der Waals surface area contributed by atoms with Crippen molar-refractivity contribution in [1.82, 2.24) is 25.1 Å². The number of nitrogens with zero attached hydrogens (tertiary/aromatic N) is 4. The van der Waals surface area contributed by atoms with E-state index in [0.717, 1.165) is 27.5 Å². The van der Waals surface area contributed by atoms with Gasteiger partial charge in [0.15, 0.2) is 0 Å². The van der Waals surface area contributed by atoms with Crippen LogP contribution in [-0.2, 0) is 29.1 Å². The molecule has 2 heterocycles. The number of nitrogens with one attached hydrogen (secondary N) is 2. The van der Waals surface area contributed by atoms with Gasteiger partial charge in [-0.25, -0.2) is 4.79 Å². The van der Waals surface area contributed by atoms with E-state index in [2.05, 4.69) is 10.6 Å². The third-order valence-corrected chi connectivity index (χ3v) is 10.3. The number of carbonyl (C=O) groups is 4. The molecule has 0 aliphatic carbocycles. The highest BCUT2D eigenvalue weighted by molar-refractivity contribution is 6.42. The van der Waals surface area contributed by atoms with Gasteiger partial charge in [-0.15, -0.1) is 0 Å². The smallest absolute Gasteiger partial charge is 0.332 e. The summed E-state index contributed by atoms with van der Waals surface area (Å²) in [6.07, 6.45) is -0.337. The minimum absolute atomic E-state index is 0.0717. The van der Waals surface area contributed by atoms with Gasteiger partial charge in [-0.1, -0.05) is 102 Å². The minimum Gasteiger partial charge on any atom is -0.333 e. The predicted molar refractivity (Wildman–Crippen MR) is 201 cm³/mol. The average Bonchev–Trinajstić information content (AvgIpc) is 3.49. The third-order valence-electron chi connectivity index (χ3n) is 9.59. The highest BCUT2D eigenvalue weighted by Crippen LogP contribution is 2.31. The summed E-state index contributed by atoms with van der Waals surface area (Å²) in [5.74, 6) is -0.646. The number of piperazine rings is 1. The first-order valence-electron chi connectivity index (χ1n) is 16.9. The molecule has 5 amide bonds. The standard InChI is InChI=1S/C40H36Cl2N6O4/c1-45(40(52)43-22-27-16-19-33(41)34(42)20-27)47-25-37(49)48-35(21-26-14-17-31(18-15-26)44-38(50)29-9-3-2-4-10-29)39(51)46(24-36(47)48)23-30-12-7-11-28-8-5-6-13-32(28)30/h2-20,35-36H,21-25H2,1H3,(H,43,52)(H,44,50)/t35-,36+/m0/s1. The molecule has 5 aromatic carbocycles. The Morgan fingerprint density at radius 3 is 2.31 bits per heavy atom. The summed E-state index contributed by atoms with van der Waals surface area (Å²) in [5.41, 5.74) is 3.73. The monoisotopic (exact) mass is 734 g/mol. The Morgan fingerprint density at radius 2 is 1.54 bits per heavy atom. The SMILES string of the molecule is CN(C(=O)NCc1ccc(Cl)c(Cl)c1)N1CC(=O)N2[C@@H](Cc3ccc(NC(=O)c4ccccc4)cc3)C(=O)N(Cc3cccc4ccccc34)C[C@@H]21. The van der Waals surface area contributed by atoms with Crippen molar-refractivity contribution in [3.63, 3.8) is 0 Å². The number of hydrazine groups is 1. The minimum atomic E-state index is -0.816. The van der Waals surface area contributed by atoms with Crippen molar-refractivity contribution in [3.8, 4) is 0 Å². The third kappa shape index (κ3) is 7.32. The van der Waals surface area contributed by atoms with Gasteiger partial charge >= 0.3 is 6.03 Å².